The highest BCUT2D eigenvalue weighted by Crippen LogP contribution is 2.22. The third-order valence-electron chi connectivity index (χ3n) is 5.16. The van der Waals surface area contributed by atoms with Crippen LogP contribution >= 0.6 is 0 Å². The van der Waals surface area contributed by atoms with Gasteiger partial charge in [-0.25, -0.2) is 13.1 Å². The van der Waals surface area contributed by atoms with Crippen molar-refractivity contribution in [1.82, 2.24) is 15.0 Å². The van der Waals surface area contributed by atoms with Gasteiger partial charge in [0.2, 0.25) is 10.0 Å². The zero-order valence-corrected chi connectivity index (χ0v) is 18.6. The molecule has 0 fully saturated rings. The van der Waals surface area contributed by atoms with Crippen molar-refractivity contribution in [3.05, 3.63) is 132 Å². The maximum Gasteiger partial charge on any atom is 0.252 e. The molecule has 1 heterocycles. The van der Waals surface area contributed by atoms with Gasteiger partial charge in [0.15, 0.2) is 0 Å². The van der Waals surface area contributed by atoms with E-state index in [2.05, 4.69) is 15.0 Å². The van der Waals surface area contributed by atoms with Gasteiger partial charge in [0.05, 0.1) is 10.9 Å². The number of carbonyl (C=O) groups is 1. The lowest BCUT2D eigenvalue weighted by atomic mass is 9.99. The molecule has 0 bridgehead atoms. The van der Waals surface area contributed by atoms with E-state index in [0.29, 0.717) is 0 Å². The van der Waals surface area contributed by atoms with Crippen LogP contribution in [0.5, 0.6) is 0 Å². The maximum atomic E-state index is 13.1. The first-order valence-electron chi connectivity index (χ1n) is 10.4. The Morgan fingerprint density at radius 1 is 0.788 bits per heavy atom. The summed E-state index contributed by atoms with van der Waals surface area (Å²) in [6.07, 6.45) is 3.34. The van der Waals surface area contributed by atoms with E-state index in [1.165, 1.54) is 12.1 Å². The van der Waals surface area contributed by atoms with Gasteiger partial charge in [0.25, 0.3) is 5.91 Å². The van der Waals surface area contributed by atoms with Gasteiger partial charge >= 0.3 is 0 Å². The molecule has 6 nitrogen and oxygen atoms in total. The molecule has 0 saturated carbocycles. The van der Waals surface area contributed by atoms with Crippen molar-refractivity contribution in [3.8, 4) is 0 Å². The third-order valence-corrected chi connectivity index (χ3v) is 6.56. The molecule has 2 N–H and O–H groups in total. The first-order valence-corrected chi connectivity index (χ1v) is 11.9. The van der Waals surface area contributed by atoms with E-state index in [1.807, 2.05) is 72.8 Å². The summed E-state index contributed by atoms with van der Waals surface area (Å²) in [5.41, 5.74) is 2.88. The van der Waals surface area contributed by atoms with Crippen LogP contribution in [-0.4, -0.2) is 19.3 Å². The first kappa shape index (κ1) is 22.4. The number of sulfonamides is 1. The fourth-order valence-electron chi connectivity index (χ4n) is 3.44. The molecule has 7 heteroatoms. The van der Waals surface area contributed by atoms with Crippen LogP contribution < -0.4 is 10.0 Å². The molecule has 0 radical (unpaired) electrons. The molecule has 0 aliphatic heterocycles. The van der Waals surface area contributed by atoms with Crippen LogP contribution in [0.4, 0.5) is 0 Å². The second-order valence-corrected chi connectivity index (χ2v) is 9.20. The Hall–Kier alpha value is -3.81. The van der Waals surface area contributed by atoms with Crippen molar-refractivity contribution in [1.29, 1.82) is 0 Å². The highest BCUT2D eigenvalue weighted by atomic mass is 32.2. The quantitative estimate of drug-likeness (QED) is 0.417. The fraction of sp³-hybridized carbons (Fsp3) is 0.0769. The van der Waals surface area contributed by atoms with Crippen molar-refractivity contribution >= 4 is 15.9 Å². The summed E-state index contributed by atoms with van der Waals surface area (Å²) in [4.78, 5) is 17.2. The minimum absolute atomic E-state index is 0.0336. The van der Waals surface area contributed by atoms with E-state index in [9.17, 15) is 13.2 Å². The van der Waals surface area contributed by atoms with E-state index >= 15 is 0 Å². The van der Waals surface area contributed by atoms with Crippen LogP contribution in [0.15, 0.2) is 114 Å². The smallest absolute Gasteiger partial charge is 0.252 e. The molecule has 4 aromatic rings. The summed E-state index contributed by atoms with van der Waals surface area (Å²) < 4.78 is 28.2. The summed E-state index contributed by atoms with van der Waals surface area (Å²) in [5, 5.41) is 3.02. The topological polar surface area (TPSA) is 88.2 Å². The van der Waals surface area contributed by atoms with Gasteiger partial charge in [-0.3, -0.25) is 9.78 Å². The van der Waals surface area contributed by atoms with E-state index < -0.39 is 16.1 Å². The Morgan fingerprint density at radius 2 is 1.42 bits per heavy atom. The number of benzene rings is 3. The number of nitrogens with one attached hydrogen (secondary N) is 2. The number of amides is 1. The van der Waals surface area contributed by atoms with Crippen molar-refractivity contribution in [2.45, 2.75) is 17.5 Å². The van der Waals surface area contributed by atoms with Crippen molar-refractivity contribution in [3.63, 3.8) is 0 Å². The average Bonchev–Trinajstić information content (AvgIpc) is 2.88. The van der Waals surface area contributed by atoms with Crippen LogP contribution in [-0.2, 0) is 16.6 Å². The van der Waals surface area contributed by atoms with Gasteiger partial charge in [-0.05, 0) is 47.0 Å². The Kier molecular flexibility index (Phi) is 6.92. The number of rotatable bonds is 8. The van der Waals surface area contributed by atoms with Gasteiger partial charge in [-0.1, -0.05) is 66.7 Å². The second-order valence-electron chi connectivity index (χ2n) is 7.44. The van der Waals surface area contributed by atoms with Gasteiger partial charge in [0, 0.05) is 24.5 Å². The van der Waals surface area contributed by atoms with E-state index in [4.69, 9.17) is 0 Å². The largest absolute Gasteiger partial charge is 0.341 e. The Morgan fingerprint density at radius 3 is 2.12 bits per heavy atom. The van der Waals surface area contributed by atoms with Gasteiger partial charge < -0.3 is 5.32 Å². The van der Waals surface area contributed by atoms with Crippen molar-refractivity contribution in [2.24, 2.45) is 0 Å². The molecular formula is C26H23N3O3S. The normalized spacial score (nSPS) is 12.1. The van der Waals surface area contributed by atoms with Crippen LogP contribution in [0.1, 0.15) is 33.1 Å². The second kappa shape index (κ2) is 10.2. The van der Waals surface area contributed by atoms with Crippen LogP contribution in [0, 0.1) is 0 Å². The molecule has 0 aliphatic carbocycles. The number of nitrogens with zero attached hydrogens (tertiary/aromatic N) is 1. The molecule has 1 amide bonds. The molecule has 0 aliphatic rings. The zero-order valence-electron chi connectivity index (χ0n) is 17.8. The summed E-state index contributed by atoms with van der Waals surface area (Å²) in [7, 11) is -3.79. The average molecular weight is 458 g/mol. The molecule has 0 saturated heterocycles. The highest BCUT2D eigenvalue weighted by molar-refractivity contribution is 7.89. The summed E-state index contributed by atoms with van der Waals surface area (Å²) in [6.45, 7) is 0.164. The molecule has 33 heavy (non-hydrogen) atoms. The van der Waals surface area contributed by atoms with Crippen LogP contribution in [0.25, 0.3) is 0 Å². The van der Waals surface area contributed by atoms with Gasteiger partial charge in [-0.2, -0.15) is 0 Å². The summed E-state index contributed by atoms with van der Waals surface area (Å²) in [5.74, 6) is -0.374. The molecule has 3 aromatic carbocycles. The van der Waals surface area contributed by atoms with Crippen LogP contribution in [0.2, 0.25) is 0 Å². The number of hydrogen-bond donors (Lipinski definition) is 2. The monoisotopic (exact) mass is 457 g/mol. The van der Waals surface area contributed by atoms with E-state index in [1.54, 1.807) is 24.5 Å². The van der Waals surface area contributed by atoms with E-state index in [0.717, 1.165) is 16.7 Å². The highest BCUT2D eigenvalue weighted by Gasteiger charge is 2.20. The van der Waals surface area contributed by atoms with E-state index in [-0.39, 0.29) is 22.9 Å². The molecule has 166 valence electrons. The van der Waals surface area contributed by atoms with Crippen molar-refractivity contribution < 1.29 is 13.2 Å². The fourth-order valence-corrected chi connectivity index (χ4v) is 4.50. The standard InChI is InChI=1S/C26H23N3O3S/c30-26(29-25(21-10-5-2-6-11-21)22-14-16-27-17-15-22)23-12-7-13-24(18-23)33(31,32)28-19-20-8-3-1-4-9-20/h1-18,25,28H,19H2,(H,29,30). The van der Waals surface area contributed by atoms with Gasteiger partial charge in [-0.15, -0.1) is 0 Å². The number of pyridine rings is 1. The lowest BCUT2D eigenvalue weighted by molar-refractivity contribution is 0.0942. The predicted molar refractivity (Wildman–Crippen MR) is 127 cm³/mol. The minimum Gasteiger partial charge on any atom is -0.341 e. The SMILES string of the molecule is O=C(NC(c1ccccc1)c1ccncc1)c1cccc(S(=O)(=O)NCc2ccccc2)c1. The summed E-state index contributed by atoms with van der Waals surface area (Å²) >= 11 is 0. The minimum atomic E-state index is -3.79. The van der Waals surface area contributed by atoms with Gasteiger partial charge in [0.1, 0.15) is 0 Å². The Bertz CT molecular complexity index is 1270. The number of hydrogen-bond acceptors (Lipinski definition) is 4. The Labute approximate surface area is 193 Å². The molecule has 0 spiro atoms. The maximum absolute atomic E-state index is 13.1. The molecule has 4 rings (SSSR count). The first-order chi connectivity index (χ1) is 16.0. The molecular weight excluding hydrogens is 434 g/mol. The summed E-state index contributed by atoms with van der Waals surface area (Å²) in [6, 6.07) is 28.1. The predicted octanol–water partition coefficient (Wildman–Crippen LogP) is 4.08. The zero-order chi connectivity index (χ0) is 23.1. The lowest BCUT2D eigenvalue weighted by Gasteiger charge is -2.20. The molecule has 1 unspecified atom stereocenters. The van der Waals surface area contributed by atoms with Crippen LogP contribution in [0.3, 0.4) is 0 Å². The third kappa shape index (κ3) is 5.71. The Balaban J connectivity index is 1.55. The lowest BCUT2D eigenvalue weighted by Crippen LogP contribution is -2.30. The molecule has 1 aromatic heterocycles. The number of aromatic nitrogens is 1. The number of carbonyl (C=O) groups excluding carboxylic acids is 1. The molecule has 1 atom stereocenters. The van der Waals surface area contributed by atoms with Crippen molar-refractivity contribution in [2.75, 3.05) is 0 Å².